The van der Waals surface area contributed by atoms with E-state index in [1.54, 1.807) is 7.11 Å². The fraction of sp³-hybridized carbons (Fsp3) is 0.364. The number of hydrogen-bond acceptors (Lipinski definition) is 4. The number of amides is 1. The van der Waals surface area contributed by atoms with Crippen molar-refractivity contribution in [2.45, 2.75) is 45.9 Å². The molecule has 2 aromatic carbocycles. The van der Waals surface area contributed by atoms with Gasteiger partial charge in [-0.3, -0.25) is 9.59 Å². The summed E-state index contributed by atoms with van der Waals surface area (Å²) in [5.74, 6) is 0.497. The van der Waals surface area contributed by atoms with Crippen LogP contribution in [-0.2, 0) is 29.0 Å². The minimum absolute atomic E-state index is 0.00754. The second-order valence-electron chi connectivity index (χ2n) is 7.76. The molecule has 0 radical (unpaired) electrons. The van der Waals surface area contributed by atoms with E-state index in [-0.39, 0.29) is 18.3 Å². The van der Waals surface area contributed by atoms with Gasteiger partial charge in [0.15, 0.2) is 0 Å². The molecular formula is C22H25NO4. The predicted octanol–water partition coefficient (Wildman–Crippen LogP) is 3.74. The fourth-order valence-electron chi connectivity index (χ4n) is 3.14. The summed E-state index contributed by atoms with van der Waals surface area (Å²) in [5, 5.41) is 0. The number of fused-ring (bicyclic) bond motifs is 1. The zero-order valence-electron chi connectivity index (χ0n) is 16.2. The number of esters is 1. The van der Waals surface area contributed by atoms with Gasteiger partial charge in [0.05, 0.1) is 13.5 Å². The lowest BCUT2D eigenvalue weighted by Gasteiger charge is -2.19. The number of ether oxygens (including phenoxy) is 2. The van der Waals surface area contributed by atoms with Gasteiger partial charge in [0.25, 0.3) is 5.91 Å². The summed E-state index contributed by atoms with van der Waals surface area (Å²) in [6, 6.07) is 13.3. The van der Waals surface area contributed by atoms with Gasteiger partial charge in [0.2, 0.25) is 0 Å². The summed E-state index contributed by atoms with van der Waals surface area (Å²) in [6.45, 7) is 6.64. The summed E-state index contributed by atoms with van der Waals surface area (Å²) in [4.78, 5) is 26.6. The molecule has 0 unspecified atom stereocenters. The third kappa shape index (κ3) is 4.67. The van der Waals surface area contributed by atoms with Crippen molar-refractivity contribution in [2.24, 2.45) is 0 Å². The van der Waals surface area contributed by atoms with Gasteiger partial charge in [-0.15, -0.1) is 0 Å². The number of carbonyl (C=O) groups is 2. The molecule has 0 saturated heterocycles. The average Bonchev–Trinajstić information content (AvgIpc) is 2.90. The number of nitrogens with zero attached hydrogens (tertiary/aromatic N) is 1. The Labute approximate surface area is 159 Å². The molecular weight excluding hydrogens is 342 g/mol. The molecule has 1 aliphatic heterocycles. The van der Waals surface area contributed by atoms with Crippen molar-refractivity contribution in [3.63, 3.8) is 0 Å². The number of carbonyl (C=O) groups excluding carboxylic acids is 2. The monoisotopic (exact) mass is 367 g/mol. The average molecular weight is 367 g/mol. The van der Waals surface area contributed by atoms with Gasteiger partial charge < -0.3 is 14.4 Å². The lowest BCUT2D eigenvalue weighted by Crippen LogP contribution is -2.25. The first-order chi connectivity index (χ1) is 12.7. The fourth-order valence-corrected chi connectivity index (χ4v) is 3.14. The van der Waals surface area contributed by atoms with Crippen molar-refractivity contribution in [1.82, 2.24) is 4.90 Å². The molecule has 27 heavy (non-hydrogen) atoms. The summed E-state index contributed by atoms with van der Waals surface area (Å²) < 4.78 is 10.5. The van der Waals surface area contributed by atoms with Crippen molar-refractivity contribution in [1.29, 1.82) is 0 Å². The molecule has 142 valence electrons. The zero-order valence-corrected chi connectivity index (χ0v) is 16.2. The van der Waals surface area contributed by atoms with E-state index in [9.17, 15) is 9.59 Å². The van der Waals surface area contributed by atoms with Gasteiger partial charge in [-0.2, -0.15) is 0 Å². The Morgan fingerprint density at radius 2 is 1.74 bits per heavy atom. The smallest absolute Gasteiger partial charge is 0.310 e. The van der Waals surface area contributed by atoms with Gasteiger partial charge in [0.1, 0.15) is 11.4 Å². The molecule has 1 aliphatic rings. The third-order valence-electron chi connectivity index (χ3n) is 4.35. The van der Waals surface area contributed by atoms with Crippen LogP contribution in [0.5, 0.6) is 5.75 Å². The molecule has 0 bridgehead atoms. The van der Waals surface area contributed by atoms with Gasteiger partial charge in [0, 0.05) is 18.7 Å². The molecule has 3 rings (SSSR count). The van der Waals surface area contributed by atoms with Crippen molar-refractivity contribution in [2.75, 3.05) is 7.11 Å². The van der Waals surface area contributed by atoms with Crippen molar-refractivity contribution in [3.05, 3.63) is 64.7 Å². The highest BCUT2D eigenvalue weighted by Crippen LogP contribution is 2.26. The summed E-state index contributed by atoms with van der Waals surface area (Å²) in [5.41, 5.74) is 2.98. The Kier molecular flexibility index (Phi) is 5.22. The van der Waals surface area contributed by atoms with Crippen LogP contribution in [0.25, 0.3) is 0 Å². The van der Waals surface area contributed by atoms with Crippen LogP contribution in [-0.4, -0.2) is 29.5 Å². The maximum absolute atomic E-state index is 12.8. The van der Waals surface area contributed by atoms with E-state index in [2.05, 4.69) is 0 Å². The molecule has 5 nitrogen and oxygen atoms in total. The van der Waals surface area contributed by atoms with E-state index >= 15 is 0 Å². The predicted molar refractivity (Wildman–Crippen MR) is 103 cm³/mol. The Bertz CT molecular complexity index is 850. The maximum Gasteiger partial charge on any atom is 0.310 e. The van der Waals surface area contributed by atoms with E-state index in [1.807, 2.05) is 68.1 Å². The molecule has 0 aliphatic carbocycles. The highest BCUT2D eigenvalue weighted by molar-refractivity contribution is 5.98. The van der Waals surface area contributed by atoms with Crippen LogP contribution in [0.15, 0.2) is 42.5 Å². The van der Waals surface area contributed by atoms with Crippen LogP contribution in [0.1, 0.15) is 47.8 Å². The molecule has 0 aromatic heterocycles. The Morgan fingerprint density at radius 1 is 1.07 bits per heavy atom. The number of methoxy groups -OCH3 is 1. The van der Waals surface area contributed by atoms with Crippen molar-refractivity contribution < 1.29 is 19.1 Å². The lowest BCUT2D eigenvalue weighted by molar-refractivity contribution is -0.153. The molecule has 0 atom stereocenters. The zero-order chi connectivity index (χ0) is 19.6. The minimum Gasteiger partial charge on any atom is -0.497 e. The molecule has 2 aromatic rings. The molecule has 0 saturated carbocycles. The van der Waals surface area contributed by atoms with Crippen LogP contribution in [0.3, 0.4) is 0 Å². The molecule has 1 heterocycles. The molecule has 0 N–H and O–H groups in total. The Hall–Kier alpha value is -2.82. The number of benzene rings is 2. The van der Waals surface area contributed by atoms with Crippen molar-refractivity contribution in [3.8, 4) is 5.75 Å². The van der Waals surface area contributed by atoms with Crippen LogP contribution in [0, 0.1) is 0 Å². The van der Waals surface area contributed by atoms with E-state index < -0.39 is 5.60 Å². The van der Waals surface area contributed by atoms with Crippen LogP contribution >= 0.6 is 0 Å². The van der Waals surface area contributed by atoms with Crippen LogP contribution < -0.4 is 4.74 Å². The van der Waals surface area contributed by atoms with E-state index in [0.717, 1.165) is 22.4 Å². The number of hydrogen-bond donors (Lipinski definition) is 0. The minimum atomic E-state index is -0.515. The topological polar surface area (TPSA) is 55.8 Å². The second-order valence-corrected chi connectivity index (χ2v) is 7.76. The van der Waals surface area contributed by atoms with Crippen LogP contribution in [0.4, 0.5) is 0 Å². The highest BCUT2D eigenvalue weighted by atomic mass is 16.6. The van der Waals surface area contributed by atoms with Crippen LogP contribution in [0.2, 0.25) is 0 Å². The van der Waals surface area contributed by atoms with Crippen molar-refractivity contribution >= 4 is 11.9 Å². The van der Waals surface area contributed by atoms with E-state index in [1.165, 1.54) is 0 Å². The molecule has 1 amide bonds. The first kappa shape index (κ1) is 19.0. The summed E-state index contributed by atoms with van der Waals surface area (Å²) in [7, 11) is 1.63. The summed E-state index contributed by atoms with van der Waals surface area (Å²) >= 11 is 0. The first-order valence-electron chi connectivity index (χ1n) is 9.01. The van der Waals surface area contributed by atoms with Gasteiger partial charge >= 0.3 is 5.97 Å². The standard InChI is InChI=1S/C22H25NO4/c1-22(2,3)27-20(24)12-16-5-8-17-14-23(21(25)19(17)11-16)13-15-6-9-18(26-4)10-7-15/h5-11H,12-14H2,1-4H3. The molecule has 0 fully saturated rings. The SMILES string of the molecule is COc1ccc(CN2Cc3ccc(CC(=O)OC(C)(C)C)cc3C2=O)cc1. The first-order valence-corrected chi connectivity index (χ1v) is 9.01. The second kappa shape index (κ2) is 7.43. The van der Waals surface area contributed by atoms with Gasteiger partial charge in [-0.25, -0.2) is 0 Å². The Morgan fingerprint density at radius 3 is 2.37 bits per heavy atom. The quantitative estimate of drug-likeness (QED) is 0.756. The summed E-state index contributed by atoms with van der Waals surface area (Å²) in [6.07, 6.45) is 0.163. The Balaban J connectivity index is 1.69. The maximum atomic E-state index is 12.8. The molecule has 0 spiro atoms. The van der Waals surface area contributed by atoms with E-state index in [4.69, 9.17) is 9.47 Å². The largest absolute Gasteiger partial charge is 0.497 e. The lowest BCUT2D eigenvalue weighted by atomic mass is 10.0. The normalized spacial score (nSPS) is 13.5. The highest BCUT2D eigenvalue weighted by Gasteiger charge is 2.28. The third-order valence-corrected chi connectivity index (χ3v) is 4.35. The van der Waals surface area contributed by atoms with E-state index in [0.29, 0.717) is 18.7 Å². The number of rotatable bonds is 5. The molecule has 5 heteroatoms. The van der Waals surface area contributed by atoms with Gasteiger partial charge in [-0.1, -0.05) is 24.3 Å². The van der Waals surface area contributed by atoms with Gasteiger partial charge in [-0.05, 0) is 55.7 Å².